The van der Waals surface area contributed by atoms with E-state index in [2.05, 4.69) is 29.5 Å². The van der Waals surface area contributed by atoms with Crippen molar-refractivity contribution >= 4 is 17.1 Å². The van der Waals surface area contributed by atoms with E-state index >= 15 is 0 Å². The number of nitrogens with zero attached hydrogens (tertiary/aromatic N) is 2. The number of fused-ring (bicyclic) bond motifs is 1. The van der Waals surface area contributed by atoms with Gasteiger partial charge in [0.25, 0.3) is 0 Å². The van der Waals surface area contributed by atoms with Gasteiger partial charge < -0.3 is 23.9 Å². The molecule has 1 saturated carbocycles. The monoisotopic (exact) mass is 436 g/mol. The first-order valence-corrected chi connectivity index (χ1v) is 11.0. The molecule has 0 spiro atoms. The fraction of sp³-hybridized carbons (Fsp3) is 0.423. The van der Waals surface area contributed by atoms with Crippen molar-refractivity contribution in [2.24, 2.45) is 5.41 Å². The molecular formula is C26H32N2O4. The Balaban J connectivity index is 1.80. The Morgan fingerprint density at radius 3 is 2.41 bits per heavy atom. The number of methoxy groups -OCH3 is 3. The molecule has 0 unspecified atom stereocenters. The van der Waals surface area contributed by atoms with E-state index in [0.29, 0.717) is 23.8 Å². The molecule has 1 heterocycles. The van der Waals surface area contributed by atoms with Gasteiger partial charge >= 0.3 is 0 Å². The summed E-state index contributed by atoms with van der Waals surface area (Å²) in [6.45, 7) is 4.74. The van der Waals surface area contributed by atoms with Crippen molar-refractivity contribution in [3.63, 3.8) is 0 Å². The Bertz CT molecular complexity index is 1120. The number of ether oxygens (including phenoxy) is 3. The summed E-state index contributed by atoms with van der Waals surface area (Å²) in [6, 6.07) is 11.9. The molecule has 1 aliphatic carbocycles. The van der Waals surface area contributed by atoms with Crippen LogP contribution in [0.3, 0.4) is 0 Å². The lowest BCUT2D eigenvalue weighted by Crippen LogP contribution is -2.51. The number of aromatic nitrogens is 2. The average molecular weight is 437 g/mol. The van der Waals surface area contributed by atoms with Gasteiger partial charge in [-0.3, -0.25) is 0 Å². The molecule has 170 valence electrons. The zero-order valence-corrected chi connectivity index (χ0v) is 19.5. The molecule has 0 aliphatic heterocycles. The second-order valence-corrected chi connectivity index (χ2v) is 9.09. The number of hydrogen-bond donors (Lipinski definition) is 1. The largest absolute Gasteiger partial charge is 0.493 e. The minimum atomic E-state index is -1.03. The van der Waals surface area contributed by atoms with Crippen molar-refractivity contribution in [1.29, 1.82) is 0 Å². The summed E-state index contributed by atoms with van der Waals surface area (Å²) < 4.78 is 18.6. The molecule has 3 aromatic rings. The van der Waals surface area contributed by atoms with E-state index in [-0.39, 0.29) is 5.41 Å². The van der Waals surface area contributed by atoms with Crippen molar-refractivity contribution in [3.8, 4) is 17.2 Å². The van der Waals surface area contributed by atoms with Crippen LogP contribution in [0.2, 0.25) is 0 Å². The highest BCUT2D eigenvalue weighted by Crippen LogP contribution is 2.49. The van der Waals surface area contributed by atoms with E-state index in [4.69, 9.17) is 14.2 Å². The van der Waals surface area contributed by atoms with E-state index in [9.17, 15) is 5.11 Å². The van der Waals surface area contributed by atoms with Gasteiger partial charge in [-0.25, -0.2) is 4.98 Å². The van der Waals surface area contributed by atoms with Crippen molar-refractivity contribution in [2.45, 2.75) is 45.3 Å². The lowest BCUT2D eigenvalue weighted by Gasteiger charge is -2.48. The predicted molar refractivity (Wildman–Crippen MR) is 126 cm³/mol. The third-order valence-corrected chi connectivity index (χ3v) is 6.85. The molecule has 6 nitrogen and oxygen atoms in total. The standard InChI is InChI=1S/C26H32N2O4/c1-25(2)12-8-9-19(13-18-14-22(30-3)24(32-5)23(15-18)31-4)26(25,29)16-28-17-27-20-10-6-7-11-21(20)28/h6-7,10-11,13-15,17,29H,8-9,12,16H2,1-5H3/b19-13+/t26-/m1/s1. The van der Waals surface area contributed by atoms with Crippen LogP contribution in [0.4, 0.5) is 0 Å². The van der Waals surface area contributed by atoms with Crippen LogP contribution in [0, 0.1) is 5.41 Å². The van der Waals surface area contributed by atoms with Gasteiger partial charge in [-0.2, -0.15) is 0 Å². The van der Waals surface area contributed by atoms with Crippen LogP contribution in [0.15, 0.2) is 48.3 Å². The van der Waals surface area contributed by atoms with Crippen LogP contribution in [0.1, 0.15) is 38.7 Å². The molecule has 6 heteroatoms. The van der Waals surface area contributed by atoms with Crippen molar-refractivity contribution in [3.05, 3.63) is 53.9 Å². The third kappa shape index (κ3) is 3.73. The Labute approximate surface area is 189 Å². The maximum atomic E-state index is 12.2. The summed E-state index contributed by atoms with van der Waals surface area (Å²) in [7, 11) is 4.81. The third-order valence-electron chi connectivity index (χ3n) is 6.85. The maximum Gasteiger partial charge on any atom is 0.203 e. The molecule has 1 aromatic heterocycles. The van der Waals surface area contributed by atoms with Gasteiger partial charge in [0.15, 0.2) is 11.5 Å². The summed E-state index contributed by atoms with van der Waals surface area (Å²) in [5.74, 6) is 1.75. The maximum absolute atomic E-state index is 12.2. The van der Waals surface area contributed by atoms with E-state index in [1.807, 2.05) is 42.7 Å². The van der Waals surface area contributed by atoms with E-state index in [1.165, 1.54) is 0 Å². The first kappa shape index (κ1) is 22.2. The first-order chi connectivity index (χ1) is 15.3. The van der Waals surface area contributed by atoms with Gasteiger partial charge in [0, 0.05) is 0 Å². The summed E-state index contributed by atoms with van der Waals surface area (Å²) >= 11 is 0. The van der Waals surface area contributed by atoms with Gasteiger partial charge in [0.05, 0.1) is 45.2 Å². The van der Waals surface area contributed by atoms with E-state index < -0.39 is 5.60 Å². The zero-order chi connectivity index (χ0) is 22.9. The highest BCUT2D eigenvalue weighted by Gasteiger charge is 2.48. The number of para-hydroxylation sites is 2. The van der Waals surface area contributed by atoms with Crippen molar-refractivity contribution in [1.82, 2.24) is 9.55 Å². The van der Waals surface area contributed by atoms with Gasteiger partial charge in [0.1, 0.15) is 5.60 Å². The zero-order valence-electron chi connectivity index (χ0n) is 19.5. The molecule has 32 heavy (non-hydrogen) atoms. The topological polar surface area (TPSA) is 65.7 Å². The quantitative estimate of drug-likeness (QED) is 0.583. The van der Waals surface area contributed by atoms with Gasteiger partial charge in [-0.15, -0.1) is 0 Å². The number of rotatable bonds is 6. The Morgan fingerprint density at radius 1 is 1.06 bits per heavy atom. The van der Waals surface area contributed by atoms with E-state index in [1.54, 1.807) is 21.3 Å². The van der Waals surface area contributed by atoms with Gasteiger partial charge in [-0.1, -0.05) is 32.1 Å². The summed E-state index contributed by atoms with van der Waals surface area (Å²) in [5, 5.41) is 12.2. The number of hydrogen-bond acceptors (Lipinski definition) is 5. The summed E-state index contributed by atoms with van der Waals surface area (Å²) in [4.78, 5) is 4.52. The minimum Gasteiger partial charge on any atom is -0.493 e. The van der Waals surface area contributed by atoms with Crippen LogP contribution in [0.25, 0.3) is 17.1 Å². The van der Waals surface area contributed by atoms with Crippen LogP contribution < -0.4 is 14.2 Å². The fourth-order valence-electron chi connectivity index (χ4n) is 4.84. The lowest BCUT2D eigenvalue weighted by atomic mass is 9.62. The van der Waals surface area contributed by atoms with Crippen molar-refractivity contribution in [2.75, 3.05) is 21.3 Å². The van der Waals surface area contributed by atoms with Gasteiger partial charge in [0.2, 0.25) is 5.75 Å². The lowest BCUT2D eigenvalue weighted by molar-refractivity contribution is -0.0663. The SMILES string of the molecule is COc1cc(/C=C2\CCCC(C)(C)[C@@]2(O)Cn2cnc3ccccc32)cc(OC)c1OC. The predicted octanol–water partition coefficient (Wildman–Crippen LogP) is 5.09. The van der Waals surface area contributed by atoms with Crippen LogP contribution in [-0.4, -0.2) is 41.6 Å². The summed E-state index contributed by atoms with van der Waals surface area (Å²) in [5.41, 5.74) is 2.52. The van der Waals surface area contributed by atoms with Crippen LogP contribution in [0.5, 0.6) is 17.2 Å². The second kappa shape index (κ2) is 8.51. The van der Waals surface area contributed by atoms with Crippen LogP contribution in [-0.2, 0) is 6.54 Å². The Morgan fingerprint density at radius 2 is 1.75 bits per heavy atom. The van der Waals surface area contributed by atoms with Crippen LogP contribution >= 0.6 is 0 Å². The molecule has 1 fully saturated rings. The Kier molecular flexibility index (Phi) is 5.91. The molecular weight excluding hydrogens is 404 g/mol. The highest BCUT2D eigenvalue weighted by atomic mass is 16.5. The second-order valence-electron chi connectivity index (χ2n) is 9.09. The molecule has 1 N–H and O–H groups in total. The molecule has 4 rings (SSSR count). The smallest absolute Gasteiger partial charge is 0.203 e. The van der Waals surface area contributed by atoms with E-state index in [0.717, 1.165) is 41.4 Å². The van der Waals surface area contributed by atoms with Gasteiger partial charge in [-0.05, 0) is 60.1 Å². The first-order valence-electron chi connectivity index (χ1n) is 11.0. The number of benzene rings is 2. The number of aliphatic hydroxyl groups is 1. The Hall–Kier alpha value is -2.99. The minimum absolute atomic E-state index is 0.302. The molecule has 2 aromatic carbocycles. The molecule has 1 aliphatic rings. The average Bonchev–Trinajstić information content (AvgIpc) is 3.19. The van der Waals surface area contributed by atoms with Crippen molar-refractivity contribution < 1.29 is 19.3 Å². The summed E-state index contributed by atoms with van der Waals surface area (Å²) in [6.07, 6.45) is 6.69. The normalized spacial score (nSPS) is 21.6. The molecule has 0 saturated heterocycles. The highest BCUT2D eigenvalue weighted by molar-refractivity contribution is 5.75. The fourth-order valence-corrected chi connectivity index (χ4v) is 4.84. The molecule has 1 atom stereocenters. The molecule has 0 amide bonds. The number of imidazole rings is 1. The molecule has 0 radical (unpaired) electrons. The molecule has 0 bridgehead atoms.